The molecule has 0 amide bonds. The fraction of sp³-hybridized carbons (Fsp3) is 0.250. The Kier molecular flexibility index (Phi) is 6.62. The van der Waals surface area contributed by atoms with E-state index in [4.69, 9.17) is 0 Å². The van der Waals surface area contributed by atoms with E-state index < -0.39 is 6.36 Å². The molecule has 0 unspecified atom stereocenters. The highest BCUT2D eigenvalue weighted by atomic mass is 35.5. The smallest absolute Gasteiger partial charge is 0.573 e. The standard InChI is InChI=1S/C20H19F3N2OS.ClH/c1-19(2,3)14-6-4-13(5-7-14)17-12-27-18(25-17)24-15-8-10-16(11-9-15)26-20(21,22)23;/h4-12H,1-3H3,(H,24,25);1H. The number of nitrogens with one attached hydrogen (secondary N) is 2. The summed E-state index contributed by atoms with van der Waals surface area (Å²) in [4.78, 5) is 3.29. The Morgan fingerprint density at radius 2 is 1.54 bits per heavy atom. The molecular weight excluding hydrogens is 409 g/mol. The van der Waals surface area contributed by atoms with Crippen molar-refractivity contribution in [1.29, 1.82) is 0 Å². The average Bonchev–Trinajstić information content (AvgIpc) is 3.03. The average molecular weight is 429 g/mol. The summed E-state index contributed by atoms with van der Waals surface area (Å²) in [5.41, 5.74) is 4.07. The number of aromatic amines is 1. The molecule has 0 saturated carbocycles. The minimum Gasteiger partial charge on any atom is -1.00 e. The molecule has 150 valence electrons. The van der Waals surface area contributed by atoms with Crippen molar-refractivity contribution in [2.24, 2.45) is 0 Å². The maximum Gasteiger partial charge on any atom is 0.573 e. The number of anilines is 2. The van der Waals surface area contributed by atoms with Gasteiger partial charge in [-0.25, -0.2) is 10.3 Å². The predicted molar refractivity (Wildman–Crippen MR) is 101 cm³/mol. The van der Waals surface area contributed by atoms with Crippen molar-refractivity contribution >= 4 is 22.2 Å². The molecule has 0 aliphatic heterocycles. The van der Waals surface area contributed by atoms with E-state index in [9.17, 15) is 13.2 Å². The number of benzene rings is 2. The summed E-state index contributed by atoms with van der Waals surface area (Å²) in [5, 5.41) is 5.93. The summed E-state index contributed by atoms with van der Waals surface area (Å²) in [7, 11) is 0. The van der Waals surface area contributed by atoms with Crippen LogP contribution in [0.5, 0.6) is 5.75 Å². The lowest BCUT2D eigenvalue weighted by Crippen LogP contribution is -3.00. The summed E-state index contributed by atoms with van der Waals surface area (Å²) in [5.74, 6) is -0.247. The van der Waals surface area contributed by atoms with Gasteiger partial charge in [-0.05, 0) is 35.2 Å². The third-order valence-electron chi connectivity index (χ3n) is 3.95. The number of alkyl halides is 3. The summed E-state index contributed by atoms with van der Waals surface area (Å²) in [6, 6.07) is 14.0. The van der Waals surface area contributed by atoms with Gasteiger partial charge < -0.3 is 17.1 Å². The number of hydrogen-bond donors (Lipinski definition) is 1. The van der Waals surface area contributed by atoms with Gasteiger partial charge >= 0.3 is 11.5 Å². The SMILES string of the molecule is CC(C)(C)c1ccc(-c2csc(Nc3ccc(OC(F)(F)F)cc3)[nH+]2)cc1.[Cl-]. The molecule has 0 spiro atoms. The molecule has 0 bridgehead atoms. The normalized spacial score (nSPS) is 11.6. The number of aromatic nitrogens is 1. The van der Waals surface area contributed by atoms with Gasteiger partial charge in [0.2, 0.25) is 0 Å². The molecule has 3 aromatic rings. The van der Waals surface area contributed by atoms with Gasteiger partial charge in [0, 0.05) is 10.9 Å². The number of rotatable bonds is 4. The van der Waals surface area contributed by atoms with E-state index in [0.29, 0.717) is 5.69 Å². The van der Waals surface area contributed by atoms with Crippen LogP contribution in [0.25, 0.3) is 11.3 Å². The quantitative estimate of drug-likeness (QED) is 0.692. The summed E-state index contributed by atoms with van der Waals surface area (Å²) < 4.78 is 40.5. The van der Waals surface area contributed by atoms with Crippen molar-refractivity contribution < 1.29 is 35.3 Å². The molecule has 0 aliphatic carbocycles. The van der Waals surface area contributed by atoms with E-state index in [0.717, 1.165) is 16.4 Å². The lowest BCUT2D eigenvalue weighted by Gasteiger charge is -2.18. The van der Waals surface area contributed by atoms with Gasteiger partial charge in [-0.1, -0.05) is 56.4 Å². The molecule has 0 fully saturated rings. The van der Waals surface area contributed by atoms with Crippen LogP contribution in [-0.2, 0) is 5.41 Å². The van der Waals surface area contributed by atoms with E-state index >= 15 is 0 Å². The highest BCUT2D eigenvalue weighted by molar-refractivity contribution is 7.13. The molecule has 2 N–H and O–H groups in total. The van der Waals surface area contributed by atoms with E-state index in [1.165, 1.54) is 41.2 Å². The van der Waals surface area contributed by atoms with Crippen molar-refractivity contribution in [2.45, 2.75) is 32.5 Å². The van der Waals surface area contributed by atoms with Crippen LogP contribution in [0.3, 0.4) is 0 Å². The van der Waals surface area contributed by atoms with Crippen molar-refractivity contribution in [2.75, 3.05) is 5.32 Å². The predicted octanol–water partition coefficient (Wildman–Crippen LogP) is 3.17. The molecule has 0 atom stereocenters. The Bertz CT molecular complexity index is 901. The molecule has 3 rings (SSSR count). The van der Waals surface area contributed by atoms with Crippen LogP contribution < -0.4 is 27.4 Å². The fourth-order valence-corrected chi connectivity index (χ4v) is 3.30. The second-order valence-corrected chi connectivity index (χ2v) is 8.01. The molecule has 0 saturated heterocycles. The fourth-order valence-electron chi connectivity index (χ4n) is 2.52. The summed E-state index contributed by atoms with van der Waals surface area (Å²) in [6.07, 6.45) is -4.69. The first-order chi connectivity index (χ1) is 12.6. The van der Waals surface area contributed by atoms with Crippen LogP contribution in [-0.4, -0.2) is 6.36 Å². The van der Waals surface area contributed by atoms with Crippen molar-refractivity contribution in [1.82, 2.24) is 0 Å². The third-order valence-corrected chi connectivity index (χ3v) is 4.74. The molecule has 8 heteroatoms. The topological polar surface area (TPSA) is 35.4 Å². The van der Waals surface area contributed by atoms with Crippen LogP contribution in [0.2, 0.25) is 0 Å². The van der Waals surface area contributed by atoms with Gasteiger partial charge in [-0.2, -0.15) is 0 Å². The van der Waals surface area contributed by atoms with Crippen LogP contribution >= 0.6 is 11.3 Å². The van der Waals surface area contributed by atoms with Crippen molar-refractivity contribution in [3.63, 3.8) is 0 Å². The van der Waals surface area contributed by atoms with Crippen LogP contribution in [0.15, 0.2) is 53.9 Å². The van der Waals surface area contributed by atoms with Gasteiger partial charge in [-0.15, -0.1) is 13.2 Å². The largest absolute Gasteiger partial charge is 1.00 e. The second-order valence-electron chi connectivity index (χ2n) is 7.13. The first kappa shape index (κ1) is 22.0. The Morgan fingerprint density at radius 3 is 2.07 bits per heavy atom. The molecule has 3 nitrogen and oxygen atoms in total. The van der Waals surface area contributed by atoms with Crippen LogP contribution in [0.4, 0.5) is 24.0 Å². The van der Waals surface area contributed by atoms with Gasteiger partial charge in [0.1, 0.15) is 17.1 Å². The molecule has 0 aliphatic rings. The number of halogens is 4. The van der Waals surface area contributed by atoms with E-state index in [1.54, 1.807) is 0 Å². The monoisotopic (exact) mass is 428 g/mol. The first-order valence-electron chi connectivity index (χ1n) is 8.35. The Labute approximate surface area is 172 Å². The van der Waals surface area contributed by atoms with Crippen molar-refractivity contribution in [3.05, 3.63) is 59.5 Å². The van der Waals surface area contributed by atoms with E-state index in [2.05, 4.69) is 60.1 Å². The minimum absolute atomic E-state index is 0. The number of H-pyrrole nitrogens is 1. The Hall–Kier alpha value is -2.25. The Balaban J connectivity index is 0.00000280. The van der Waals surface area contributed by atoms with Gasteiger partial charge in [0.15, 0.2) is 0 Å². The molecule has 28 heavy (non-hydrogen) atoms. The molecule has 2 aromatic carbocycles. The Morgan fingerprint density at radius 1 is 0.929 bits per heavy atom. The lowest BCUT2D eigenvalue weighted by molar-refractivity contribution is -0.340. The van der Waals surface area contributed by atoms with Gasteiger partial charge in [-0.3, -0.25) is 0 Å². The second kappa shape index (κ2) is 8.41. The zero-order valence-electron chi connectivity index (χ0n) is 15.5. The highest BCUT2D eigenvalue weighted by Gasteiger charge is 2.31. The maximum absolute atomic E-state index is 12.2. The third kappa shape index (κ3) is 5.87. The van der Waals surface area contributed by atoms with Crippen molar-refractivity contribution in [3.8, 4) is 17.0 Å². The molecule has 0 radical (unpaired) electrons. The highest BCUT2D eigenvalue weighted by Crippen LogP contribution is 2.28. The van der Waals surface area contributed by atoms with Gasteiger partial charge in [0.25, 0.3) is 0 Å². The number of thiazole rings is 1. The first-order valence-corrected chi connectivity index (χ1v) is 9.23. The van der Waals surface area contributed by atoms with E-state index in [1.807, 2.05) is 5.38 Å². The van der Waals surface area contributed by atoms with E-state index in [-0.39, 0.29) is 23.6 Å². The van der Waals surface area contributed by atoms with Crippen LogP contribution in [0.1, 0.15) is 26.3 Å². The van der Waals surface area contributed by atoms with Crippen LogP contribution in [0, 0.1) is 0 Å². The molecule has 1 heterocycles. The number of hydrogen-bond acceptors (Lipinski definition) is 3. The minimum atomic E-state index is -4.69. The molecular formula is C20H20ClF3N2OS. The van der Waals surface area contributed by atoms with Gasteiger partial charge in [0.05, 0.1) is 0 Å². The molecule has 1 aromatic heterocycles. The summed E-state index contributed by atoms with van der Waals surface area (Å²) >= 11 is 1.49. The zero-order valence-corrected chi connectivity index (χ0v) is 17.1. The lowest BCUT2D eigenvalue weighted by atomic mass is 9.86. The maximum atomic E-state index is 12.2. The summed E-state index contributed by atoms with van der Waals surface area (Å²) in [6.45, 7) is 6.52. The number of ether oxygens (including phenoxy) is 1. The zero-order chi connectivity index (χ0) is 19.7.